The van der Waals surface area contributed by atoms with Crippen molar-refractivity contribution in [2.24, 2.45) is 5.14 Å². The average molecular weight is 385 g/mol. The Morgan fingerprint density at radius 2 is 1.54 bits per heavy atom. The van der Waals surface area contributed by atoms with E-state index in [1.807, 2.05) is 30.3 Å². The lowest BCUT2D eigenvalue weighted by atomic mass is 10.0. The molecule has 3 N–H and O–H groups in total. The summed E-state index contributed by atoms with van der Waals surface area (Å²) < 4.78 is 23.2. The van der Waals surface area contributed by atoms with Crippen LogP contribution in [-0.2, 0) is 10.0 Å². The fraction of sp³-hybridized carbons (Fsp3) is 0. The first-order valence-corrected chi connectivity index (χ1v) is 9.64. The minimum Gasteiger partial charge on any atom is -0.354 e. The second-order valence-corrected chi connectivity index (χ2v) is 7.89. The molecule has 0 saturated heterocycles. The largest absolute Gasteiger partial charge is 0.354 e. The number of sulfonamides is 1. The van der Waals surface area contributed by atoms with Crippen LogP contribution >= 0.6 is 11.6 Å². The minimum absolute atomic E-state index is 0.0184. The lowest BCUT2D eigenvalue weighted by Crippen LogP contribution is -2.14. The van der Waals surface area contributed by atoms with Crippen LogP contribution in [0.2, 0.25) is 5.02 Å². The van der Waals surface area contributed by atoms with E-state index in [9.17, 15) is 13.2 Å². The molecule has 4 rings (SSSR count). The third-order valence-corrected chi connectivity index (χ3v) is 5.66. The number of rotatable bonds is 3. The number of primary sulfonamides is 1. The van der Waals surface area contributed by atoms with Crippen LogP contribution in [0.4, 0.5) is 0 Å². The van der Waals surface area contributed by atoms with E-state index in [1.165, 1.54) is 18.2 Å². The van der Waals surface area contributed by atoms with Crippen molar-refractivity contribution in [2.45, 2.75) is 4.90 Å². The van der Waals surface area contributed by atoms with Crippen LogP contribution in [0, 0.1) is 0 Å². The summed E-state index contributed by atoms with van der Waals surface area (Å²) in [6.07, 6.45) is 0. The second-order valence-electron chi connectivity index (χ2n) is 5.95. The molecule has 0 fully saturated rings. The zero-order valence-electron chi connectivity index (χ0n) is 13.4. The van der Waals surface area contributed by atoms with E-state index in [1.54, 1.807) is 12.1 Å². The maximum Gasteiger partial charge on any atom is 0.239 e. The van der Waals surface area contributed by atoms with Gasteiger partial charge in [-0.3, -0.25) is 4.79 Å². The van der Waals surface area contributed by atoms with Crippen molar-refractivity contribution in [2.75, 3.05) is 0 Å². The van der Waals surface area contributed by atoms with Crippen molar-refractivity contribution in [1.29, 1.82) is 0 Å². The zero-order valence-corrected chi connectivity index (χ0v) is 14.9. The van der Waals surface area contributed by atoms with Crippen molar-refractivity contribution in [3.63, 3.8) is 0 Å². The molecule has 0 unspecified atom stereocenters. The molecular weight excluding hydrogens is 372 g/mol. The highest BCUT2D eigenvalue weighted by Gasteiger charge is 2.18. The molecular formula is C19H13ClN2O3S. The number of carbonyl (C=O) groups excluding carboxylic acids is 1. The molecule has 26 heavy (non-hydrogen) atoms. The molecule has 3 aromatic carbocycles. The molecule has 0 amide bonds. The number of para-hydroxylation sites is 1. The van der Waals surface area contributed by atoms with Gasteiger partial charge in [0.1, 0.15) is 4.90 Å². The maximum atomic E-state index is 12.8. The van der Waals surface area contributed by atoms with Gasteiger partial charge in [-0.05, 0) is 30.3 Å². The number of hydrogen-bond acceptors (Lipinski definition) is 3. The summed E-state index contributed by atoms with van der Waals surface area (Å²) in [5.41, 5.74) is 2.45. The van der Waals surface area contributed by atoms with E-state index in [0.717, 1.165) is 21.8 Å². The van der Waals surface area contributed by atoms with Crippen molar-refractivity contribution >= 4 is 49.2 Å². The molecule has 130 valence electrons. The van der Waals surface area contributed by atoms with Crippen molar-refractivity contribution < 1.29 is 13.2 Å². The quantitative estimate of drug-likeness (QED) is 0.525. The number of nitrogens with two attached hydrogens (primary N) is 1. The first kappa shape index (κ1) is 16.8. The molecule has 0 saturated carbocycles. The van der Waals surface area contributed by atoms with Gasteiger partial charge < -0.3 is 4.98 Å². The molecule has 0 radical (unpaired) electrons. The highest BCUT2D eigenvalue weighted by molar-refractivity contribution is 7.89. The number of ketones is 1. The SMILES string of the molecule is NS(=O)(=O)c1cc(C(=O)c2ccc3c(c2)[nH]c2ccccc23)ccc1Cl. The number of fused-ring (bicyclic) bond motifs is 3. The topological polar surface area (TPSA) is 93.0 Å². The van der Waals surface area contributed by atoms with E-state index in [4.69, 9.17) is 16.7 Å². The monoisotopic (exact) mass is 384 g/mol. The van der Waals surface area contributed by atoms with Crippen LogP contribution in [0.25, 0.3) is 21.8 Å². The summed E-state index contributed by atoms with van der Waals surface area (Å²) in [5.74, 6) is -0.313. The van der Waals surface area contributed by atoms with Crippen LogP contribution in [0.3, 0.4) is 0 Å². The second kappa shape index (κ2) is 5.95. The van der Waals surface area contributed by atoms with Crippen LogP contribution in [-0.4, -0.2) is 19.2 Å². The van der Waals surface area contributed by atoms with Gasteiger partial charge in [-0.2, -0.15) is 0 Å². The number of H-pyrrole nitrogens is 1. The minimum atomic E-state index is -4.01. The van der Waals surface area contributed by atoms with Crippen LogP contribution in [0.15, 0.2) is 65.6 Å². The van der Waals surface area contributed by atoms with Gasteiger partial charge in [-0.15, -0.1) is 0 Å². The number of nitrogens with one attached hydrogen (secondary N) is 1. The van der Waals surface area contributed by atoms with Crippen LogP contribution < -0.4 is 5.14 Å². The van der Waals surface area contributed by atoms with Crippen molar-refractivity contribution in [1.82, 2.24) is 4.98 Å². The summed E-state index contributed by atoms with van der Waals surface area (Å²) in [6, 6.07) is 17.3. The predicted molar refractivity (Wildman–Crippen MR) is 102 cm³/mol. The molecule has 0 aliphatic carbocycles. The first-order valence-electron chi connectivity index (χ1n) is 7.72. The number of aromatic nitrogens is 1. The molecule has 0 aliphatic heterocycles. The number of hydrogen-bond donors (Lipinski definition) is 2. The summed E-state index contributed by atoms with van der Waals surface area (Å²) >= 11 is 5.88. The van der Waals surface area contributed by atoms with Gasteiger partial charge in [-0.1, -0.05) is 41.9 Å². The molecule has 7 heteroatoms. The van der Waals surface area contributed by atoms with E-state index < -0.39 is 10.0 Å². The third kappa shape index (κ3) is 2.78. The van der Waals surface area contributed by atoms with Crippen molar-refractivity contribution in [3.05, 3.63) is 76.8 Å². The molecule has 0 spiro atoms. The number of carbonyl (C=O) groups is 1. The van der Waals surface area contributed by atoms with Gasteiger partial charge in [0, 0.05) is 32.9 Å². The molecule has 5 nitrogen and oxygen atoms in total. The van der Waals surface area contributed by atoms with Gasteiger partial charge in [0.25, 0.3) is 0 Å². The maximum absolute atomic E-state index is 12.8. The number of benzene rings is 3. The third-order valence-electron chi connectivity index (χ3n) is 4.27. The standard InChI is InChI=1S/C19H13ClN2O3S/c20-15-8-6-12(10-18(15)26(21,24)25)19(23)11-5-7-14-13-3-1-2-4-16(13)22-17(14)9-11/h1-10,22H,(H2,21,24,25). The molecule has 1 aromatic heterocycles. The van der Waals surface area contributed by atoms with E-state index >= 15 is 0 Å². The predicted octanol–water partition coefficient (Wildman–Crippen LogP) is 3.85. The number of aromatic amines is 1. The Labute approximate surface area is 154 Å². The van der Waals surface area contributed by atoms with Crippen LogP contribution in [0.1, 0.15) is 15.9 Å². The first-order chi connectivity index (χ1) is 12.3. The van der Waals surface area contributed by atoms with Gasteiger partial charge in [0.15, 0.2) is 5.78 Å². The van der Waals surface area contributed by atoms with Crippen LogP contribution in [0.5, 0.6) is 0 Å². The smallest absolute Gasteiger partial charge is 0.239 e. The fourth-order valence-corrected chi connectivity index (χ4v) is 4.10. The van der Waals surface area contributed by atoms with Crippen molar-refractivity contribution in [3.8, 4) is 0 Å². The Morgan fingerprint density at radius 1 is 0.885 bits per heavy atom. The number of halogens is 1. The molecule has 0 atom stereocenters. The Hall–Kier alpha value is -2.67. The molecule has 1 heterocycles. The van der Waals surface area contributed by atoms with Gasteiger partial charge in [0.2, 0.25) is 10.0 Å². The fourth-order valence-electron chi connectivity index (χ4n) is 3.03. The Balaban J connectivity index is 1.82. The highest BCUT2D eigenvalue weighted by Crippen LogP contribution is 2.27. The normalized spacial score (nSPS) is 11.9. The summed E-state index contributed by atoms with van der Waals surface area (Å²) in [7, 11) is -4.01. The van der Waals surface area contributed by atoms with Gasteiger partial charge in [0.05, 0.1) is 5.02 Å². The molecule has 0 aliphatic rings. The van der Waals surface area contributed by atoms with E-state index in [-0.39, 0.29) is 21.3 Å². The Morgan fingerprint density at radius 3 is 2.31 bits per heavy atom. The summed E-state index contributed by atoms with van der Waals surface area (Å²) in [5, 5.41) is 7.22. The van der Waals surface area contributed by atoms with E-state index in [0.29, 0.717) is 5.56 Å². The molecule has 0 bridgehead atoms. The zero-order chi connectivity index (χ0) is 18.5. The Kier molecular flexibility index (Phi) is 3.84. The highest BCUT2D eigenvalue weighted by atomic mass is 35.5. The average Bonchev–Trinajstić information content (AvgIpc) is 2.98. The van der Waals surface area contributed by atoms with Gasteiger partial charge >= 0.3 is 0 Å². The summed E-state index contributed by atoms with van der Waals surface area (Å²) in [6.45, 7) is 0. The lowest BCUT2D eigenvalue weighted by molar-refractivity contribution is 0.103. The lowest BCUT2D eigenvalue weighted by Gasteiger charge is -2.06. The van der Waals surface area contributed by atoms with Gasteiger partial charge in [-0.25, -0.2) is 13.6 Å². The summed E-state index contributed by atoms with van der Waals surface area (Å²) in [4.78, 5) is 15.8. The Bertz CT molecular complexity index is 1290. The molecule has 4 aromatic rings. The van der Waals surface area contributed by atoms with E-state index in [2.05, 4.69) is 4.98 Å².